The summed E-state index contributed by atoms with van der Waals surface area (Å²) in [5, 5.41) is 4.97. The molecule has 0 spiro atoms. The highest BCUT2D eigenvalue weighted by Crippen LogP contribution is 2.36. The van der Waals surface area contributed by atoms with Crippen LogP contribution in [0.4, 0.5) is 18.9 Å². The van der Waals surface area contributed by atoms with E-state index in [1.807, 2.05) is 0 Å². The van der Waals surface area contributed by atoms with Gasteiger partial charge in [0, 0.05) is 18.1 Å². The first-order valence-corrected chi connectivity index (χ1v) is 11.6. The lowest BCUT2D eigenvalue weighted by atomic mass is 10.2. The van der Waals surface area contributed by atoms with Crippen LogP contribution in [-0.4, -0.2) is 36.7 Å². The molecule has 3 N–H and O–H groups in total. The highest BCUT2D eigenvalue weighted by atomic mass is 35.5. The number of amides is 2. The van der Waals surface area contributed by atoms with Gasteiger partial charge in [0.15, 0.2) is 11.5 Å². The fraction of sp³-hybridized carbons (Fsp3) is 0.143. The monoisotopic (exact) mass is 555 g/mol. The third kappa shape index (κ3) is 5.48. The van der Waals surface area contributed by atoms with E-state index in [1.165, 1.54) is 24.8 Å². The van der Waals surface area contributed by atoms with E-state index in [-0.39, 0.29) is 27.0 Å². The lowest BCUT2D eigenvalue weighted by Gasteiger charge is -2.12. The van der Waals surface area contributed by atoms with E-state index in [2.05, 4.69) is 35.6 Å². The average molecular weight is 556 g/mol. The topological polar surface area (TPSA) is 126 Å². The molecular formula is C21H14Cl2F3N7O2S. The van der Waals surface area contributed by atoms with Crippen molar-refractivity contribution >= 4 is 52.0 Å². The number of imidazole rings is 1. The Balaban J connectivity index is 1.45. The Morgan fingerprint density at radius 2 is 1.89 bits per heavy atom. The molecule has 3 aromatic heterocycles. The van der Waals surface area contributed by atoms with Crippen LogP contribution in [0.1, 0.15) is 43.7 Å². The van der Waals surface area contributed by atoms with E-state index in [0.717, 1.165) is 23.5 Å². The first kappa shape index (κ1) is 25.5. The van der Waals surface area contributed by atoms with Crippen molar-refractivity contribution in [3.8, 4) is 11.5 Å². The van der Waals surface area contributed by atoms with Crippen LogP contribution in [0.25, 0.3) is 11.5 Å². The number of nitrogens with one attached hydrogen (secondary N) is 3. The minimum atomic E-state index is -4.67. The average Bonchev–Trinajstić information content (AvgIpc) is 3.52. The number of aromatic amines is 1. The van der Waals surface area contributed by atoms with Crippen molar-refractivity contribution in [2.24, 2.45) is 0 Å². The summed E-state index contributed by atoms with van der Waals surface area (Å²) < 4.78 is 39.2. The number of benzene rings is 1. The summed E-state index contributed by atoms with van der Waals surface area (Å²) in [4.78, 5) is 44.5. The number of anilines is 1. The zero-order chi connectivity index (χ0) is 26.0. The lowest BCUT2D eigenvalue weighted by molar-refractivity contribution is -0.137. The van der Waals surface area contributed by atoms with Gasteiger partial charge < -0.3 is 15.6 Å². The van der Waals surface area contributed by atoms with Crippen molar-refractivity contribution in [2.75, 3.05) is 5.32 Å². The van der Waals surface area contributed by atoms with Crippen LogP contribution < -0.4 is 10.6 Å². The Kier molecular flexibility index (Phi) is 7.24. The predicted octanol–water partition coefficient (Wildman–Crippen LogP) is 5.39. The second-order valence-electron chi connectivity index (χ2n) is 7.23. The highest BCUT2D eigenvalue weighted by molar-refractivity contribution is 7.13. The van der Waals surface area contributed by atoms with Gasteiger partial charge in [0.05, 0.1) is 22.8 Å². The second kappa shape index (κ2) is 10.2. The number of hydrogen-bond donors (Lipinski definition) is 3. The maximum Gasteiger partial charge on any atom is 0.417 e. The van der Waals surface area contributed by atoms with Crippen molar-refractivity contribution in [1.82, 2.24) is 30.2 Å². The zero-order valence-corrected chi connectivity index (χ0v) is 20.4. The maximum absolute atomic E-state index is 13.1. The van der Waals surface area contributed by atoms with Crippen LogP contribution in [0.5, 0.6) is 0 Å². The molecule has 4 aromatic rings. The SMILES string of the molecule is CC(NC(=O)c1ncnc(-c2ncc[nH]2)c1Cl)c1ncc(C(=O)Nc2ccc(Cl)c(C(F)(F)F)c2)s1. The molecule has 186 valence electrons. The molecule has 0 bridgehead atoms. The molecule has 1 atom stereocenters. The van der Waals surface area contributed by atoms with Gasteiger partial charge in [-0.15, -0.1) is 11.3 Å². The number of aromatic nitrogens is 5. The summed E-state index contributed by atoms with van der Waals surface area (Å²) in [7, 11) is 0. The van der Waals surface area contributed by atoms with E-state index in [4.69, 9.17) is 23.2 Å². The van der Waals surface area contributed by atoms with Gasteiger partial charge in [-0.1, -0.05) is 23.2 Å². The molecule has 0 radical (unpaired) electrons. The number of nitrogens with zero attached hydrogens (tertiary/aromatic N) is 4. The zero-order valence-electron chi connectivity index (χ0n) is 18.0. The molecule has 4 rings (SSSR count). The summed E-state index contributed by atoms with van der Waals surface area (Å²) in [5.41, 5.74) is -0.984. The molecule has 0 aliphatic heterocycles. The molecule has 0 fully saturated rings. The molecule has 0 aliphatic rings. The van der Waals surface area contributed by atoms with Crippen molar-refractivity contribution in [3.63, 3.8) is 0 Å². The first-order valence-electron chi connectivity index (χ1n) is 9.99. The Morgan fingerprint density at radius 1 is 1.11 bits per heavy atom. The predicted molar refractivity (Wildman–Crippen MR) is 127 cm³/mol. The van der Waals surface area contributed by atoms with E-state index < -0.39 is 34.6 Å². The largest absolute Gasteiger partial charge is 0.417 e. The molecule has 9 nitrogen and oxygen atoms in total. The summed E-state index contributed by atoms with van der Waals surface area (Å²) in [6, 6.07) is 2.40. The Bertz CT molecular complexity index is 1430. The van der Waals surface area contributed by atoms with E-state index >= 15 is 0 Å². The lowest BCUT2D eigenvalue weighted by Crippen LogP contribution is -2.28. The first-order chi connectivity index (χ1) is 17.0. The van der Waals surface area contributed by atoms with Gasteiger partial charge in [-0.3, -0.25) is 9.59 Å². The number of rotatable bonds is 6. The smallest absolute Gasteiger partial charge is 0.343 e. The van der Waals surface area contributed by atoms with Crippen LogP contribution in [-0.2, 0) is 6.18 Å². The second-order valence-corrected chi connectivity index (χ2v) is 9.07. The third-order valence-electron chi connectivity index (χ3n) is 4.72. The standard InChI is InChI=1S/C21H14Cl2F3N7O2S/c1-9(32-19(35)16-14(23)15(30-8-31-16)17-27-4-5-28-17)20-29-7-13(36-20)18(34)33-10-2-3-12(22)11(6-10)21(24,25)26/h2-9H,1H3,(H,27,28)(H,32,35)(H,33,34). The number of thiazole rings is 1. The highest BCUT2D eigenvalue weighted by Gasteiger charge is 2.33. The fourth-order valence-electron chi connectivity index (χ4n) is 3.02. The molecule has 0 aliphatic carbocycles. The van der Waals surface area contributed by atoms with Gasteiger partial charge >= 0.3 is 6.18 Å². The number of carbonyl (C=O) groups is 2. The number of H-pyrrole nitrogens is 1. The van der Waals surface area contributed by atoms with Crippen molar-refractivity contribution in [2.45, 2.75) is 19.1 Å². The molecule has 15 heteroatoms. The number of carbonyl (C=O) groups excluding carboxylic acids is 2. The minimum absolute atomic E-state index is 0.00227. The summed E-state index contributed by atoms with van der Waals surface area (Å²) >= 11 is 12.9. The molecular weight excluding hydrogens is 542 g/mol. The van der Waals surface area contributed by atoms with Crippen LogP contribution in [0.3, 0.4) is 0 Å². The van der Waals surface area contributed by atoms with Crippen LogP contribution in [0.15, 0.2) is 43.1 Å². The molecule has 0 saturated heterocycles. The molecule has 0 saturated carbocycles. The van der Waals surface area contributed by atoms with Gasteiger partial charge in [-0.25, -0.2) is 19.9 Å². The van der Waals surface area contributed by atoms with Gasteiger partial charge in [0.2, 0.25) is 0 Å². The number of hydrogen-bond acceptors (Lipinski definition) is 7. The van der Waals surface area contributed by atoms with Crippen molar-refractivity contribution < 1.29 is 22.8 Å². The number of halogens is 5. The van der Waals surface area contributed by atoms with Crippen molar-refractivity contribution in [1.29, 1.82) is 0 Å². The number of alkyl halides is 3. The summed E-state index contributed by atoms with van der Waals surface area (Å²) in [5.74, 6) is -0.914. The normalized spacial score (nSPS) is 12.3. The van der Waals surface area contributed by atoms with Crippen molar-refractivity contribution in [3.05, 3.63) is 74.3 Å². The van der Waals surface area contributed by atoms with Crippen LogP contribution >= 0.6 is 34.5 Å². The van der Waals surface area contributed by atoms with Crippen LogP contribution in [0.2, 0.25) is 10.0 Å². The van der Waals surface area contributed by atoms with E-state index in [0.29, 0.717) is 10.8 Å². The van der Waals surface area contributed by atoms with E-state index in [9.17, 15) is 22.8 Å². The van der Waals surface area contributed by atoms with E-state index in [1.54, 1.807) is 13.1 Å². The Hall–Kier alpha value is -3.55. The van der Waals surface area contributed by atoms with Gasteiger partial charge in [0.25, 0.3) is 11.8 Å². The molecule has 36 heavy (non-hydrogen) atoms. The summed E-state index contributed by atoms with van der Waals surface area (Å²) in [6.07, 6.45) is 0.845. The Morgan fingerprint density at radius 3 is 2.58 bits per heavy atom. The van der Waals surface area contributed by atoms with Gasteiger partial charge in [-0.2, -0.15) is 13.2 Å². The van der Waals surface area contributed by atoms with Gasteiger partial charge in [-0.05, 0) is 25.1 Å². The molecule has 1 unspecified atom stereocenters. The molecule has 3 heterocycles. The third-order valence-corrected chi connectivity index (χ3v) is 6.59. The van der Waals surface area contributed by atoms with Gasteiger partial charge in [0.1, 0.15) is 26.9 Å². The minimum Gasteiger partial charge on any atom is -0.343 e. The quantitative estimate of drug-likeness (QED) is 0.293. The molecule has 1 aromatic carbocycles. The molecule has 2 amide bonds. The fourth-order valence-corrected chi connectivity index (χ4v) is 4.33. The van der Waals surface area contributed by atoms with Crippen LogP contribution in [0, 0.1) is 0 Å². The summed E-state index contributed by atoms with van der Waals surface area (Å²) in [6.45, 7) is 1.63. The maximum atomic E-state index is 13.1. The Labute approximate surface area is 215 Å².